The molecule has 0 radical (unpaired) electrons. The van der Waals surface area contributed by atoms with Crippen LogP contribution in [0.2, 0.25) is 0 Å². The molecule has 0 aromatic heterocycles. The minimum absolute atomic E-state index is 0.0641. The van der Waals surface area contributed by atoms with Crippen molar-refractivity contribution in [2.75, 3.05) is 6.54 Å². The summed E-state index contributed by atoms with van der Waals surface area (Å²) in [7, 11) is 0. The standard InChI is InChI=1S/C23H20N2O2S/c1-3-25-22(27)21(14-17-9-6-8-16-7-4-5-10-18(16)17)28-23(25)24-19-12-11-15(2)13-20(19)26/h4-14,26H,3H2,1-2H3/b21-14-,24-23?. The monoisotopic (exact) mass is 388 g/mol. The van der Waals surface area contributed by atoms with Crippen LogP contribution < -0.4 is 0 Å². The predicted octanol–water partition coefficient (Wildman–Crippen LogP) is 5.48. The number of rotatable bonds is 3. The maximum Gasteiger partial charge on any atom is 0.266 e. The third-order valence-corrected chi connectivity index (χ3v) is 5.67. The fraction of sp³-hybridized carbons (Fsp3) is 0.130. The van der Waals surface area contributed by atoms with Crippen molar-refractivity contribution in [3.63, 3.8) is 0 Å². The Hall–Kier alpha value is -3.05. The number of nitrogens with zero attached hydrogens (tertiary/aromatic N) is 2. The van der Waals surface area contributed by atoms with Gasteiger partial charge in [-0.15, -0.1) is 0 Å². The molecule has 3 aromatic carbocycles. The number of aromatic hydroxyl groups is 1. The second-order valence-corrected chi connectivity index (χ2v) is 7.62. The van der Waals surface area contributed by atoms with E-state index in [1.807, 2.05) is 50.3 Å². The van der Waals surface area contributed by atoms with Gasteiger partial charge >= 0.3 is 0 Å². The Balaban J connectivity index is 1.74. The van der Waals surface area contributed by atoms with Crippen molar-refractivity contribution >= 4 is 45.4 Å². The predicted molar refractivity (Wildman–Crippen MR) is 117 cm³/mol. The number of thioether (sulfide) groups is 1. The Morgan fingerprint density at radius 2 is 1.89 bits per heavy atom. The number of fused-ring (bicyclic) bond motifs is 1. The van der Waals surface area contributed by atoms with Gasteiger partial charge in [-0.2, -0.15) is 0 Å². The molecule has 1 aliphatic rings. The van der Waals surface area contributed by atoms with Crippen molar-refractivity contribution < 1.29 is 9.90 Å². The maximum absolute atomic E-state index is 12.9. The fourth-order valence-electron chi connectivity index (χ4n) is 3.22. The number of aryl methyl sites for hydroxylation is 1. The number of carbonyl (C=O) groups excluding carboxylic acids is 1. The quantitative estimate of drug-likeness (QED) is 0.605. The molecular weight excluding hydrogens is 368 g/mol. The zero-order valence-electron chi connectivity index (χ0n) is 15.7. The van der Waals surface area contributed by atoms with Gasteiger partial charge < -0.3 is 5.11 Å². The Labute approximate surface area is 168 Å². The Morgan fingerprint density at radius 3 is 2.68 bits per heavy atom. The van der Waals surface area contributed by atoms with Gasteiger partial charge in [-0.1, -0.05) is 48.5 Å². The molecule has 0 spiro atoms. The Bertz CT molecular complexity index is 1130. The highest BCUT2D eigenvalue weighted by Crippen LogP contribution is 2.37. The molecule has 1 fully saturated rings. The minimum Gasteiger partial charge on any atom is -0.506 e. The lowest BCUT2D eigenvalue weighted by atomic mass is 10.0. The SMILES string of the molecule is CCN1C(=O)/C(=C/c2cccc3ccccc23)SC1=Nc1ccc(C)cc1O. The van der Waals surface area contributed by atoms with Crippen LogP contribution in [0.4, 0.5) is 5.69 Å². The second-order valence-electron chi connectivity index (χ2n) is 6.61. The van der Waals surface area contributed by atoms with Crippen LogP contribution in [0.1, 0.15) is 18.1 Å². The number of aliphatic imine (C=N–C) groups is 1. The molecule has 0 saturated carbocycles. The lowest BCUT2D eigenvalue weighted by molar-refractivity contribution is -0.122. The molecule has 28 heavy (non-hydrogen) atoms. The first-order valence-electron chi connectivity index (χ1n) is 9.14. The van der Waals surface area contributed by atoms with Crippen molar-refractivity contribution in [1.82, 2.24) is 4.90 Å². The van der Waals surface area contributed by atoms with Gasteiger partial charge in [0.1, 0.15) is 11.4 Å². The van der Waals surface area contributed by atoms with Crippen molar-refractivity contribution in [2.24, 2.45) is 4.99 Å². The second kappa shape index (κ2) is 7.52. The van der Waals surface area contributed by atoms with E-state index in [0.717, 1.165) is 21.9 Å². The van der Waals surface area contributed by atoms with Crippen LogP contribution in [0.15, 0.2) is 70.6 Å². The number of hydrogen-bond acceptors (Lipinski definition) is 4. The van der Waals surface area contributed by atoms with Crippen LogP contribution in [0, 0.1) is 6.92 Å². The molecule has 1 N–H and O–H groups in total. The molecule has 4 nitrogen and oxygen atoms in total. The molecule has 1 aliphatic heterocycles. The highest BCUT2D eigenvalue weighted by molar-refractivity contribution is 8.18. The van der Waals surface area contributed by atoms with Crippen LogP contribution in [0.5, 0.6) is 5.75 Å². The van der Waals surface area contributed by atoms with Gasteiger partial charge in [0.25, 0.3) is 5.91 Å². The van der Waals surface area contributed by atoms with Gasteiger partial charge in [0.2, 0.25) is 0 Å². The molecule has 1 heterocycles. The fourth-order valence-corrected chi connectivity index (χ4v) is 4.27. The van der Waals surface area contributed by atoms with E-state index < -0.39 is 0 Å². The molecular formula is C23H20N2O2S. The summed E-state index contributed by atoms with van der Waals surface area (Å²) in [6.45, 7) is 4.35. The van der Waals surface area contributed by atoms with E-state index in [0.29, 0.717) is 22.3 Å². The smallest absolute Gasteiger partial charge is 0.266 e. The molecule has 0 atom stereocenters. The topological polar surface area (TPSA) is 52.9 Å². The summed E-state index contributed by atoms with van der Waals surface area (Å²) in [5, 5.41) is 13.0. The van der Waals surface area contributed by atoms with Crippen molar-refractivity contribution in [3.05, 3.63) is 76.7 Å². The van der Waals surface area contributed by atoms with Gasteiger partial charge in [0.15, 0.2) is 5.17 Å². The van der Waals surface area contributed by atoms with Gasteiger partial charge in [0.05, 0.1) is 4.91 Å². The molecule has 1 amide bonds. The average Bonchev–Trinajstić information content (AvgIpc) is 2.98. The lowest BCUT2D eigenvalue weighted by Crippen LogP contribution is -2.28. The van der Waals surface area contributed by atoms with E-state index in [4.69, 9.17) is 0 Å². The molecule has 4 rings (SSSR count). The van der Waals surface area contributed by atoms with E-state index in [1.165, 1.54) is 11.8 Å². The Morgan fingerprint density at radius 1 is 1.11 bits per heavy atom. The first kappa shape index (κ1) is 18.3. The van der Waals surface area contributed by atoms with Crippen LogP contribution in [0.3, 0.4) is 0 Å². The third-order valence-electron chi connectivity index (χ3n) is 4.66. The number of benzene rings is 3. The summed E-state index contributed by atoms with van der Waals surface area (Å²) < 4.78 is 0. The highest BCUT2D eigenvalue weighted by Gasteiger charge is 2.32. The summed E-state index contributed by atoms with van der Waals surface area (Å²) in [6.07, 6.45) is 1.93. The number of carbonyl (C=O) groups is 1. The van der Waals surface area contributed by atoms with Gasteiger partial charge in [-0.3, -0.25) is 9.69 Å². The van der Waals surface area contributed by atoms with Crippen molar-refractivity contribution in [3.8, 4) is 5.75 Å². The summed E-state index contributed by atoms with van der Waals surface area (Å²) in [5.41, 5.74) is 2.43. The van der Waals surface area contributed by atoms with E-state index in [9.17, 15) is 9.90 Å². The summed E-state index contributed by atoms with van der Waals surface area (Å²) >= 11 is 1.34. The zero-order chi connectivity index (χ0) is 19.7. The first-order chi connectivity index (χ1) is 13.6. The first-order valence-corrected chi connectivity index (χ1v) is 9.96. The zero-order valence-corrected chi connectivity index (χ0v) is 16.5. The molecule has 1 saturated heterocycles. The molecule has 0 bridgehead atoms. The number of phenols is 1. The highest BCUT2D eigenvalue weighted by atomic mass is 32.2. The normalized spacial score (nSPS) is 17.2. The van der Waals surface area contributed by atoms with Crippen LogP contribution in [-0.2, 0) is 4.79 Å². The summed E-state index contributed by atoms with van der Waals surface area (Å²) in [6, 6.07) is 19.5. The van der Waals surface area contributed by atoms with E-state index in [2.05, 4.69) is 23.2 Å². The molecule has 140 valence electrons. The van der Waals surface area contributed by atoms with Crippen LogP contribution in [0.25, 0.3) is 16.8 Å². The Kier molecular flexibility index (Phi) is 4.92. The van der Waals surface area contributed by atoms with Crippen LogP contribution in [-0.4, -0.2) is 27.6 Å². The molecule has 0 aliphatic carbocycles. The van der Waals surface area contributed by atoms with E-state index in [-0.39, 0.29) is 11.7 Å². The van der Waals surface area contributed by atoms with Gasteiger partial charge in [-0.25, -0.2) is 4.99 Å². The minimum atomic E-state index is -0.0641. The van der Waals surface area contributed by atoms with E-state index in [1.54, 1.807) is 17.0 Å². The summed E-state index contributed by atoms with van der Waals surface area (Å²) in [5.74, 6) is 0.0499. The van der Waals surface area contributed by atoms with Gasteiger partial charge in [-0.05, 0) is 65.7 Å². The van der Waals surface area contributed by atoms with E-state index >= 15 is 0 Å². The van der Waals surface area contributed by atoms with Crippen molar-refractivity contribution in [2.45, 2.75) is 13.8 Å². The largest absolute Gasteiger partial charge is 0.506 e. The average molecular weight is 388 g/mol. The number of hydrogen-bond donors (Lipinski definition) is 1. The molecule has 5 heteroatoms. The molecule has 3 aromatic rings. The number of amides is 1. The number of likely N-dealkylation sites (N-methyl/N-ethyl adjacent to an activating group) is 1. The van der Waals surface area contributed by atoms with Gasteiger partial charge in [0, 0.05) is 6.54 Å². The number of phenolic OH excluding ortho intramolecular Hbond substituents is 1. The number of amidine groups is 1. The maximum atomic E-state index is 12.9. The lowest BCUT2D eigenvalue weighted by Gasteiger charge is -2.12. The van der Waals surface area contributed by atoms with Crippen LogP contribution >= 0.6 is 11.8 Å². The summed E-state index contributed by atoms with van der Waals surface area (Å²) in [4.78, 5) is 19.7. The molecule has 0 unspecified atom stereocenters. The third kappa shape index (κ3) is 3.41. The van der Waals surface area contributed by atoms with Crippen molar-refractivity contribution in [1.29, 1.82) is 0 Å².